The lowest BCUT2D eigenvalue weighted by atomic mass is 9.77. The lowest BCUT2D eigenvalue weighted by Gasteiger charge is -2.28. The molecule has 6 rings (SSSR count). The number of thiazole rings is 1. The van der Waals surface area contributed by atoms with Gasteiger partial charge in [-0.2, -0.15) is 4.57 Å². The summed E-state index contributed by atoms with van der Waals surface area (Å²) in [6.07, 6.45) is 19.1. The second-order valence-electron chi connectivity index (χ2n) is 10.0. The number of hydrogen-bond donors (Lipinski definition) is 0. The van der Waals surface area contributed by atoms with Gasteiger partial charge in [-0.1, -0.05) is 35.3 Å². The van der Waals surface area contributed by atoms with Crippen molar-refractivity contribution in [2.45, 2.75) is 60.8 Å². The normalized spacial score (nSPS) is 21.2. The van der Waals surface area contributed by atoms with Crippen molar-refractivity contribution in [3.05, 3.63) is 81.4 Å². The van der Waals surface area contributed by atoms with Crippen LogP contribution < -0.4 is 9.47 Å². The number of rotatable bonds is 6. The summed E-state index contributed by atoms with van der Waals surface area (Å²) in [6, 6.07) is 13.8. The van der Waals surface area contributed by atoms with Gasteiger partial charge in [-0.15, -0.1) is 23.5 Å². The molecule has 1 atom stereocenters. The van der Waals surface area contributed by atoms with E-state index in [1.807, 2.05) is 46.6 Å². The number of allylic oxidation sites excluding steroid dienone is 6. The van der Waals surface area contributed by atoms with Crippen LogP contribution in [0, 0.1) is 5.92 Å². The van der Waals surface area contributed by atoms with Crippen molar-refractivity contribution in [1.29, 1.82) is 0 Å². The zero-order valence-electron chi connectivity index (χ0n) is 22.6. The van der Waals surface area contributed by atoms with Crippen LogP contribution in [0.3, 0.4) is 0 Å². The van der Waals surface area contributed by atoms with Gasteiger partial charge in [-0.25, -0.2) is 0 Å². The Bertz CT molecular complexity index is 1510. The molecule has 3 aliphatic rings. The van der Waals surface area contributed by atoms with E-state index in [1.54, 1.807) is 0 Å². The Kier molecular flexibility index (Phi) is 7.86. The third-order valence-corrected chi connectivity index (χ3v) is 11.5. The van der Waals surface area contributed by atoms with Crippen molar-refractivity contribution in [3.8, 4) is 0 Å². The van der Waals surface area contributed by atoms with E-state index in [4.69, 9.17) is 0 Å². The Balaban J connectivity index is 1.30. The molecular weight excluding hydrogens is 541 g/mol. The molecule has 1 aromatic heterocycles. The highest BCUT2D eigenvalue weighted by molar-refractivity contribution is 8.03. The van der Waals surface area contributed by atoms with Crippen LogP contribution in [0.15, 0.2) is 91.1 Å². The fourth-order valence-electron chi connectivity index (χ4n) is 5.84. The number of thioether (sulfide) groups is 3. The lowest BCUT2D eigenvalue weighted by Crippen LogP contribution is -2.33. The van der Waals surface area contributed by atoms with Gasteiger partial charge < -0.3 is 4.90 Å². The summed E-state index contributed by atoms with van der Waals surface area (Å²) in [6.45, 7) is 6.53. The predicted octanol–water partition coefficient (Wildman–Crippen LogP) is 9.57. The second kappa shape index (κ2) is 11.3. The van der Waals surface area contributed by atoms with Crippen LogP contribution in [0.4, 0.5) is 5.69 Å². The molecule has 0 saturated carbocycles. The van der Waals surface area contributed by atoms with Crippen LogP contribution in [0.2, 0.25) is 0 Å². The van der Waals surface area contributed by atoms with Gasteiger partial charge in [-0.05, 0) is 111 Å². The molecule has 0 saturated heterocycles. The van der Waals surface area contributed by atoms with E-state index < -0.39 is 0 Å². The van der Waals surface area contributed by atoms with Gasteiger partial charge in [-0.3, -0.25) is 0 Å². The molecule has 0 spiro atoms. The number of nitrogens with zero attached hydrogens (tertiary/aromatic N) is 2. The summed E-state index contributed by atoms with van der Waals surface area (Å²) in [5.41, 5.74) is 7.21. The van der Waals surface area contributed by atoms with Gasteiger partial charge in [0.15, 0.2) is 0 Å². The predicted molar refractivity (Wildman–Crippen MR) is 171 cm³/mol. The molecule has 0 fully saturated rings. The first-order valence-corrected chi connectivity index (χ1v) is 17.7. The van der Waals surface area contributed by atoms with Crippen molar-refractivity contribution >= 4 is 68.6 Å². The van der Waals surface area contributed by atoms with E-state index in [-0.39, 0.29) is 0 Å². The summed E-state index contributed by atoms with van der Waals surface area (Å²) < 4.78 is 3.87. The summed E-state index contributed by atoms with van der Waals surface area (Å²) >= 11 is 7.49. The quantitative estimate of drug-likeness (QED) is 0.213. The minimum atomic E-state index is 0.707. The van der Waals surface area contributed by atoms with Crippen LogP contribution >= 0.6 is 46.6 Å². The number of aryl methyl sites for hydroxylation is 1. The van der Waals surface area contributed by atoms with Crippen LogP contribution in [0.5, 0.6) is 0 Å². The number of aromatic nitrogens is 1. The first-order valence-electron chi connectivity index (χ1n) is 13.6. The summed E-state index contributed by atoms with van der Waals surface area (Å²) in [5, 5.41) is 2.74. The molecule has 2 nitrogen and oxygen atoms in total. The Hall–Kier alpha value is -1.86. The maximum atomic E-state index is 2.50. The largest absolute Gasteiger partial charge is 0.335 e. The van der Waals surface area contributed by atoms with Gasteiger partial charge in [0.1, 0.15) is 11.2 Å². The highest BCUT2D eigenvalue weighted by atomic mass is 32.2. The average molecular weight is 576 g/mol. The van der Waals surface area contributed by atoms with Crippen LogP contribution in [-0.2, 0) is 6.54 Å². The van der Waals surface area contributed by atoms with Gasteiger partial charge in [0.25, 0.3) is 5.01 Å². The number of fused-ring (bicyclic) bond motifs is 3. The topological polar surface area (TPSA) is 7.12 Å². The molecule has 196 valence electrons. The summed E-state index contributed by atoms with van der Waals surface area (Å²) in [5.74, 6) is 0.707. The van der Waals surface area contributed by atoms with E-state index in [9.17, 15) is 0 Å². The first-order chi connectivity index (χ1) is 18.6. The molecule has 1 unspecified atom stereocenters. The van der Waals surface area contributed by atoms with Crippen molar-refractivity contribution < 1.29 is 4.57 Å². The molecule has 2 aliphatic carbocycles. The Morgan fingerprint density at radius 3 is 2.55 bits per heavy atom. The Morgan fingerprint density at radius 1 is 0.974 bits per heavy atom. The lowest BCUT2D eigenvalue weighted by molar-refractivity contribution is -0.665. The average Bonchev–Trinajstić information content (AvgIpc) is 3.47. The fourth-order valence-corrected chi connectivity index (χ4v) is 9.07. The van der Waals surface area contributed by atoms with E-state index >= 15 is 0 Å². The second-order valence-corrected chi connectivity index (χ2v) is 13.9. The monoisotopic (exact) mass is 575 g/mol. The van der Waals surface area contributed by atoms with Crippen LogP contribution in [0.25, 0.3) is 16.3 Å². The smallest absolute Gasteiger partial charge is 0.263 e. The number of benzene rings is 2. The van der Waals surface area contributed by atoms with E-state index in [2.05, 4.69) is 96.5 Å². The molecule has 1 aliphatic heterocycles. The fraction of sp³-hybridized carbons (Fsp3) is 0.344. The van der Waals surface area contributed by atoms with Crippen LogP contribution in [-0.4, -0.2) is 19.1 Å². The Labute approximate surface area is 244 Å². The third kappa shape index (κ3) is 5.05. The minimum absolute atomic E-state index is 0.707. The SMILES string of the molecule is CCN1/C(=C/C2=CC3=C/C(=C/c4sc5ccc(SC)cc5[n+]4CC)CCC3CC2)Sc2ccc(SC)cc21. The van der Waals surface area contributed by atoms with Crippen molar-refractivity contribution in [1.82, 2.24) is 0 Å². The molecule has 0 N–H and O–H groups in total. The molecular formula is C32H35N2S4+. The number of anilines is 1. The zero-order chi connectivity index (χ0) is 26.2. The van der Waals surface area contributed by atoms with Gasteiger partial charge >= 0.3 is 0 Å². The van der Waals surface area contributed by atoms with Crippen molar-refractivity contribution in [3.63, 3.8) is 0 Å². The van der Waals surface area contributed by atoms with Gasteiger partial charge in [0.05, 0.1) is 10.7 Å². The molecule has 0 amide bonds. The van der Waals surface area contributed by atoms with Crippen molar-refractivity contribution in [2.24, 2.45) is 5.92 Å². The van der Waals surface area contributed by atoms with E-state index in [0.29, 0.717) is 5.92 Å². The molecule has 2 heterocycles. The first kappa shape index (κ1) is 26.4. The van der Waals surface area contributed by atoms with Crippen molar-refractivity contribution in [2.75, 3.05) is 24.0 Å². The highest BCUT2D eigenvalue weighted by Crippen LogP contribution is 2.48. The van der Waals surface area contributed by atoms with Gasteiger partial charge in [0, 0.05) is 33.4 Å². The molecule has 38 heavy (non-hydrogen) atoms. The molecule has 6 heteroatoms. The minimum Gasteiger partial charge on any atom is -0.335 e. The van der Waals surface area contributed by atoms with Gasteiger partial charge in [0.2, 0.25) is 5.52 Å². The van der Waals surface area contributed by atoms with E-state index in [1.165, 1.54) is 83.0 Å². The molecule has 2 aromatic carbocycles. The molecule has 0 bridgehead atoms. The van der Waals surface area contributed by atoms with E-state index in [0.717, 1.165) is 13.1 Å². The highest BCUT2D eigenvalue weighted by Gasteiger charge is 2.27. The summed E-state index contributed by atoms with van der Waals surface area (Å²) in [7, 11) is 0. The zero-order valence-corrected chi connectivity index (χ0v) is 25.9. The number of hydrogen-bond acceptors (Lipinski definition) is 5. The molecule has 3 aromatic rings. The summed E-state index contributed by atoms with van der Waals surface area (Å²) in [4.78, 5) is 6.54. The standard InChI is InChI=1S/C32H35N2S4/c1-5-33-27-19-25(35-3)11-13-29(27)37-31(33)17-21-7-9-23-10-8-22(16-24(23)15-21)18-32-34(6-2)28-20-26(36-4)12-14-30(28)38-32/h11-20,23H,5-10H2,1-4H3/q+1. The maximum absolute atomic E-state index is 2.50. The van der Waals surface area contributed by atoms with Crippen LogP contribution in [0.1, 0.15) is 44.5 Å². The molecule has 0 radical (unpaired) electrons. The maximum Gasteiger partial charge on any atom is 0.263 e. The Morgan fingerprint density at radius 2 is 1.76 bits per heavy atom. The third-order valence-electron chi connectivity index (χ3n) is 7.86.